The van der Waals surface area contributed by atoms with E-state index >= 15 is 0 Å². The highest BCUT2D eigenvalue weighted by Gasteiger charge is 2.36. The van der Waals surface area contributed by atoms with Crippen LogP contribution in [0.4, 0.5) is 0 Å². The standard InChI is InChI=1S/C16H22O4/c1-4-12-10(3)16(20-15(5-2)19-12)11-6-7-13-14(8-11)18-9-17-13/h6-8,10,12,15-16H,4-5,9H2,1-3H3/t10-,12-,15-,16-/m1/s1. The Morgan fingerprint density at radius 3 is 2.60 bits per heavy atom. The number of rotatable bonds is 3. The van der Waals surface area contributed by atoms with Crippen LogP contribution in [0, 0.1) is 5.92 Å². The molecule has 4 atom stereocenters. The molecular formula is C16H22O4. The zero-order valence-electron chi connectivity index (χ0n) is 12.3. The van der Waals surface area contributed by atoms with Gasteiger partial charge in [0.15, 0.2) is 17.8 Å². The number of hydrogen-bond donors (Lipinski definition) is 0. The van der Waals surface area contributed by atoms with Crippen molar-refractivity contribution in [1.82, 2.24) is 0 Å². The first-order chi connectivity index (χ1) is 9.72. The van der Waals surface area contributed by atoms with Crippen molar-refractivity contribution < 1.29 is 18.9 Å². The molecule has 2 aliphatic rings. The van der Waals surface area contributed by atoms with Gasteiger partial charge in [0, 0.05) is 5.92 Å². The van der Waals surface area contributed by atoms with Crippen LogP contribution in [0.15, 0.2) is 18.2 Å². The highest BCUT2D eigenvalue weighted by Crippen LogP contribution is 2.41. The summed E-state index contributed by atoms with van der Waals surface area (Å²) in [4.78, 5) is 0. The molecule has 1 fully saturated rings. The van der Waals surface area contributed by atoms with Crippen molar-refractivity contribution in [2.75, 3.05) is 6.79 Å². The molecule has 0 aromatic heterocycles. The van der Waals surface area contributed by atoms with Gasteiger partial charge in [-0.3, -0.25) is 0 Å². The smallest absolute Gasteiger partial charge is 0.231 e. The van der Waals surface area contributed by atoms with Gasteiger partial charge < -0.3 is 18.9 Å². The Morgan fingerprint density at radius 2 is 1.85 bits per heavy atom. The molecule has 1 aromatic carbocycles. The van der Waals surface area contributed by atoms with Crippen molar-refractivity contribution >= 4 is 0 Å². The molecule has 110 valence electrons. The number of ether oxygens (including phenoxy) is 4. The molecule has 4 nitrogen and oxygen atoms in total. The minimum atomic E-state index is -0.119. The Hall–Kier alpha value is -1.26. The van der Waals surface area contributed by atoms with Crippen LogP contribution in [0.5, 0.6) is 11.5 Å². The van der Waals surface area contributed by atoms with E-state index in [0.29, 0.717) is 12.7 Å². The lowest BCUT2D eigenvalue weighted by atomic mass is 9.89. The normalized spacial score (nSPS) is 32.4. The second-order valence-corrected chi connectivity index (χ2v) is 5.45. The van der Waals surface area contributed by atoms with E-state index < -0.39 is 0 Å². The fraction of sp³-hybridized carbons (Fsp3) is 0.625. The van der Waals surface area contributed by atoms with E-state index in [1.54, 1.807) is 0 Å². The van der Waals surface area contributed by atoms with Gasteiger partial charge in [0.05, 0.1) is 12.2 Å². The van der Waals surface area contributed by atoms with Crippen molar-refractivity contribution in [2.45, 2.75) is 52.1 Å². The van der Waals surface area contributed by atoms with Gasteiger partial charge >= 0.3 is 0 Å². The maximum atomic E-state index is 6.11. The summed E-state index contributed by atoms with van der Waals surface area (Å²) < 4.78 is 22.9. The molecule has 4 heteroatoms. The van der Waals surface area contributed by atoms with Gasteiger partial charge in [0.1, 0.15) is 0 Å². The lowest BCUT2D eigenvalue weighted by Crippen LogP contribution is -2.40. The Labute approximate surface area is 120 Å². The zero-order valence-corrected chi connectivity index (χ0v) is 12.3. The molecule has 0 spiro atoms. The summed E-state index contributed by atoms with van der Waals surface area (Å²) in [5.41, 5.74) is 1.14. The molecule has 0 unspecified atom stereocenters. The summed E-state index contributed by atoms with van der Waals surface area (Å²) in [7, 11) is 0. The van der Waals surface area contributed by atoms with E-state index in [1.165, 1.54) is 0 Å². The zero-order chi connectivity index (χ0) is 14.1. The lowest BCUT2D eigenvalue weighted by Gasteiger charge is -2.40. The molecule has 1 aromatic rings. The Balaban J connectivity index is 1.86. The molecule has 0 saturated carbocycles. The summed E-state index contributed by atoms with van der Waals surface area (Å²) in [5.74, 6) is 1.95. The SMILES string of the molecule is CC[C@@H]1O[C@H](CC)[C@@H](C)[C@H](c2ccc3c(c2)OCO3)O1. The van der Waals surface area contributed by atoms with Crippen LogP contribution in [0.1, 0.15) is 45.3 Å². The van der Waals surface area contributed by atoms with Crippen molar-refractivity contribution in [3.05, 3.63) is 23.8 Å². The first-order valence-electron chi connectivity index (χ1n) is 7.43. The third kappa shape index (κ3) is 2.38. The van der Waals surface area contributed by atoms with E-state index in [-0.39, 0.29) is 18.5 Å². The molecule has 2 heterocycles. The van der Waals surface area contributed by atoms with E-state index in [4.69, 9.17) is 18.9 Å². The Bertz CT molecular complexity index is 474. The van der Waals surface area contributed by atoms with Gasteiger partial charge in [-0.1, -0.05) is 26.8 Å². The Kier molecular flexibility index (Phi) is 3.85. The first kappa shape index (κ1) is 13.7. The van der Waals surface area contributed by atoms with Crippen LogP contribution < -0.4 is 9.47 Å². The predicted octanol–water partition coefficient (Wildman–Crippen LogP) is 3.65. The fourth-order valence-corrected chi connectivity index (χ4v) is 2.97. The highest BCUT2D eigenvalue weighted by atomic mass is 16.7. The van der Waals surface area contributed by atoms with E-state index in [1.807, 2.05) is 12.1 Å². The number of benzene rings is 1. The predicted molar refractivity (Wildman–Crippen MR) is 74.8 cm³/mol. The van der Waals surface area contributed by atoms with Crippen LogP contribution >= 0.6 is 0 Å². The molecule has 20 heavy (non-hydrogen) atoms. The van der Waals surface area contributed by atoms with Crippen molar-refractivity contribution in [3.63, 3.8) is 0 Å². The average Bonchev–Trinajstić information content (AvgIpc) is 2.95. The van der Waals surface area contributed by atoms with E-state index in [9.17, 15) is 0 Å². The minimum Gasteiger partial charge on any atom is -0.454 e. The van der Waals surface area contributed by atoms with Crippen LogP contribution in [0.3, 0.4) is 0 Å². The molecule has 0 amide bonds. The number of fused-ring (bicyclic) bond motifs is 1. The van der Waals surface area contributed by atoms with Crippen molar-refractivity contribution in [2.24, 2.45) is 5.92 Å². The van der Waals surface area contributed by atoms with Gasteiger partial charge in [-0.25, -0.2) is 0 Å². The molecule has 0 bridgehead atoms. The summed E-state index contributed by atoms with van der Waals surface area (Å²) >= 11 is 0. The van der Waals surface area contributed by atoms with Gasteiger partial charge in [-0.2, -0.15) is 0 Å². The number of hydrogen-bond acceptors (Lipinski definition) is 4. The van der Waals surface area contributed by atoms with Crippen LogP contribution in [0.25, 0.3) is 0 Å². The first-order valence-corrected chi connectivity index (χ1v) is 7.43. The molecule has 0 aliphatic carbocycles. The van der Waals surface area contributed by atoms with Gasteiger partial charge in [-0.15, -0.1) is 0 Å². The quantitative estimate of drug-likeness (QED) is 0.845. The second-order valence-electron chi connectivity index (χ2n) is 5.45. The van der Waals surface area contributed by atoms with E-state index in [0.717, 1.165) is 29.9 Å². The largest absolute Gasteiger partial charge is 0.454 e. The lowest BCUT2D eigenvalue weighted by molar-refractivity contribution is -0.269. The second kappa shape index (κ2) is 5.62. The minimum absolute atomic E-state index is 0.0492. The molecule has 3 rings (SSSR count). The monoisotopic (exact) mass is 278 g/mol. The summed E-state index contributed by atoms with van der Waals surface area (Å²) in [6.45, 7) is 6.74. The third-order valence-corrected chi connectivity index (χ3v) is 4.15. The van der Waals surface area contributed by atoms with Crippen LogP contribution in [-0.2, 0) is 9.47 Å². The molecular weight excluding hydrogens is 256 g/mol. The maximum absolute atomic E-state index is 6.11. The molecule has 0 radical (unpaired) electrons. The van der Waals surface area contributed by atoms with Crippen LogP contribution in [-0.4, -0.2) is 19.2 Å². The molecule has 2 aliphatic heterocycles. The maximum Gasteiger partial charge on any atom is 0.231 e. The topological polar surface area (TPSA) is 36.9 Å². The van der Waals surface area contributed by atoms with Gasteiger partial charge in [0.2, 0.25) is 6.79 Å². The molecule has 1 saturated heterocycles. The summed E-state index contributed by atoms with van der Waals surface area (Å²) in [6.07, 6.45) is 2.04. The Morgan fingerprint density at radius 1 is 1.05 bits per heavy atom. The van der Waals surface area contributed by atoms with Gasteiger partial charge in [-0.05, 0) is 30.5 Å². The van der Waals surface area contributed by atoms with Crippen LogP contribution in [0.2, 0.25) is 0 Å². The van der Waals surface area contributed by atoms with Crippen molar-refractivity contribution in [1.29, 1.82) is 0 Å². The van der Waals surface area contributed by atoms with Crippen molar-refractivity contribution in [3.8, 4) is 11.5 Å². The fourth-order valence-electron chi connectivity index (χ4n) is 2.97. The summed E-state index contributed by atoms with van der Waals surface area (Å²) in [5, 5.41) is 0. The summed E-state index contributed by atoms with van der Waals surface area (Å²) in [6, 6.07) is 6.07. The third-order valence-electron chi connectivity index (χ3n) is 4.15. The average molecular weight is 278 g/mol. The molecule has 0 N–H and O–H groups in total. The van der Waals surface area contributed by atoms with Gasteiger partial charge in [0.25, 0.3) is 0 Å². The highest BCUT2D eigenvalue weighted by molar-refractivity contribution is 5.45. The van der Waals surface area contributed by atoms with E-state index in [2.05, 4.69) is 26.8 Å².